The maximum absolute atomic E-state index is 11.9. The fourth-order valence-corrected chi connectivity index (χ4v) is 2.99. The molecule has 1 saturated carbocycles. The minimum Gasteiger partial charge on any atom is -0.351 e. The highest BCUT2D eigenvalue weighted by Crippen LogP contribution is 2.31. The van der Waals surface area contributed by atoms with Crippen LogP contribution in [0.3, 0.4) is 0 Å². The summed E-state index contributed by atoms with van der Waals surface area (Å²) in [6, 6.07) is 7.23. The highest BCUT2D eigenvalue weighted by molar-refractivity contribution is 7.88. The molecule has 1 amide bonds. The van der Waals surface area contributed by atoms with E-state index in [2.05, 4.69) is 10.0 Å². The minimum absolute atomic E-state index is 0.160. The van der Waals surface area contributed by atoms with Gasteiger partial charge in [-0.15, -0.1) is 0 Å². The Balaban J connectivity index is 1.84. The minimum atomic E-state index is -3.24. The number of amides is 1. The lowest BCUT2D eigenvalue weighted by Gasteiger charge is -2.10. The Hall–Kier alpha value is -1.73. The fraction of sp³-hybridized carbons (Fsp3) is 0.467. The molecule has 1 aliphatic carbocycles. The first-order chi connectivity index (χ1) is 10.3. The SMILES string of the molecule is CS(=O)(=O)NCCNC(=O)c1ccc(C2CCC(=O)C2)cc1. The molecule has 0 saturated heterocycles. The number of hydrogen-bond donors (Lipinski definition) is 2. The monoisotopic (exact) mass is 324 g/mol. The average molecular weight is 324 g/mol. The lowest BCUT2D eigenvalue weighted by Crippen LogP contribution is -2.34. The number of sulfonamides is 1. The van der Waals surface area contributed by atoms with Crippen LogP contribution >= 0.6 is 0 Å². The van der Waals surface area contributed by atoms with Crippen LogP contribution in [0.25, 0.3) is 0 Å². The standard InChI is InChI=1S/C15H20N2O4S/c1-22(20,21)17-9-8-16-15(19)12-4-2-11(3-5-12)13-6-7-14(18)10-13/h2-5,13,17H,6-10H2,1H3,(H,16,19). The van der Waals surface area contributed by atoms with E-state index in [4.69, 9.17) is 0 Å². The van der Waals surface area contributed by atoms with Crippen molar-refractivity contribution in [2.45, 2.75) is 25.2 Å². The molecule has 0 radical (unpaired) electrons. The van der Waals surface area contributed by atoms with E-state index in [-0.39, 0.29) is 24.9 Å². The van der Waals surface area contributed by atoms with Crippen molar-refractivity contribution in [3.63, 3.8) is 0 Å². The smallest absolute Gasteiger partial charge is 0.251 e. The molecule has 1 aromatic carbocycles. The Morgan fingerprint density at radius 3 is 2.45 bits per heavy atom. The molecular weight excluding hydrogens is 304 g/mol. The molecule has 6 nitrogen and oxygen atoms in total. The molecule has 1 unspecified atom stereocenters. The number of benzene rings is 1. The summed E-state index contributed by atoms with van der Waals surface area (Å²) in [6.07, 6.45) is 3.17. The lowest BCUT2D eigenvalue weighted by molar-refractivity contribution is -0.117. The van der Waals surface area contributed by atoms with Crippen molar-refractivity contribution in [2.24, 2.45) is 0 Å². The van der Waals surface area contributed by atoms with Crippen LogP contribution in [0.15, 0.2) is 24.3 Å². The average Bonchev–Trinajstić information content (AvgIpc) is 2.89. The molecule has 2 N–H and O–H groups in total. The fourth-order valence-electron chi connectivity index (χ4n) is 2.52. The molecule has 22 heavy (non-hydrogen) atoms. The Kier molecular flexibility index (Phi) is 5.31. The number of nitrogens with one attached hydrogen (secondary N) is 2. The van der Waals surface area contributed by atoms with E-state index in [9.17, 15) is 18.0 Å². The molecule has 1 aromatic rings. The quantitative estimate of drug-likeness (QED) is 0.757. The molecule has 0 aromatic heterocycles. The van der Waals surface area contributed by atoms with Crippen LogP contribution in [0.5, 0.6) is 0 Å². The molecule has 0 heterocycles. The molecule has 0 bridgehead atoms. The number of hydrogen-bond acceptors (Lipinski definition) is 4. The van der Waals surface area contributed by atoms with Gasteiger partial charge in [0, 0.05) is 31.5 Å². The van der Waals surface area contributed by atoms with Gasteiger partial charge in [-0.1, -0.05) is 12.1 Å². The van der Waals surface area contributed by atoms with Gasteiger partial charge in [0.1, 0.15) is 5.78 Å². The van der Waals surface area contributed by atoms with Crippen LogP contribution in [0, 0.1) is 0 Å². The van der Waals surface area contributed by atoms with Crippen molar-refractivity contribution in [1.82, 2.24) is 10.0 Å². The van der Waals surface area contributed by atoms with Crippen LogP contribution in [0.2, 0.25) is 0 Å². The second-order valence-electron chi connectivity index (χ2n) is 5.52. The van der Waals surface area contributed by atoms with Crippen molar-refractivity contribution in [3.8, 4) is 0 Å². The second kappa shape index (κ2) is 7.02. The summed E-state index contributed by atoms with van der Waals surface area (Å²) in [7, 11) is -3.24. The molecule has 1 atom stereocenters. The van der Waals surface area contributed by atoms with Gasteiger partial charge in [-0.2, -0.15) is 0 Å². The zero-order chi connectivity index (χ0) is 16.2. The summed E-state index contributed by atoms with van der Waals surface area (Å²) in [5.41, 5.74) is 1.61. The Labute approximate surface area is 130 Å². The van der Waals surface area contributed by atoms with Crippen LogP contribution in [0.4, 0.5) is 0 Å². The molecule has 0 aliphatic heterocycles. The predicted octanol–water partition coefficient (Wildman–Crippen LogP) is 0.802. The molecule has 1 aliphatic rings. The van der Waals surface area contributed by atoms with Crippen molar-refractivity contribution >= 4 is 21.7 Å². The molecular formula is C15H20N2O4S. The van der Waals surface area contributed by atoms with Crippen LogP contribution in [-0.2, 0) is 14.8 Å². The lowest BCUT2D eigenvalue weighted by atomic mass is 9.96. The van der Waals surface area contributed by atoms with Crippen LogP contribution in [-0.4, -0.2) is 39.5 Å². The van der Waals surface area contributed by atoms with Gasteiger partial charge in [0.2, 0.25) is 10.0 Å². The Bertz CT molecular complexity index is 653. The maximum Gasteiger partial charge on any atom is 0.251 e. The maximum atomic E-state index is 11.9. The number of rotatable bonds is 6. The van der Waals surface area contributed by atoms with Crippen molar-refractivity contribution < 1.29 is 18.0 Å². The summed E-state index contributed by atoms with van der Waals surface area (Å²) in [5.74, 6) is 0.318. The van der Waals surface area contributed by atoms with Crippen LogP contribution in [0.1, 0.15) is 41.1 Å². The van der Waals surface area contributed by atoms with E-state index in [1.807, 2.05) is 12.1 Å². The normalized spacial score (nSPS) is 18.4. The number of ketones is 1. The molecule has 120 valence electrons. The summed E-state index contributed by atoms with van der Waals surface area (Å²) < 4.78 is 24.1. The van der Waals surface area contributed by atoms with Gasteiger partial charge in [-0.05, 0) is 30.0 Å². The van der Waals surface area contributed by atoms with Gasteiger partial charge in [-0.25, -0.2) is 13.1 Å². The van der Waals surface area contributed by atoms with Gasteiger partial charge < -0.3 is 5.32 Å². The van der Waals surface area contributed by atoms with Gasteiger partial charge in [0.05, 0.1) is 6.26 Å². The summed E-state index contributed by atoms with van der Waals surface area (Å²) >= 11 is 0. The third kappa shape index (κ3) is 4.92. The van der Waals surface area contributed by atoms with E-state index < -0.39 is 10.0 Å². The first-order valence-electron chi connectivity index (χ1n) is 7.19. The van der Waals surface area contributed by atoms with Crippen molar-refractivity contribution in [3.05, 3.63) is 35.4 Å². The zero-order valence-corrected chi connectivity index (χ0v) is 13.3. The highest BCUT2D eigenvalue weighted by atomic mass is 32.2. The Morgan fingerprint density at radius 2 is 1.91 bits per heavy atom. The third-order valence-corrected chi connectivity index (χ3v) is 4.39. The first-order valence-corrected chi connectivity index (χ1v) is 9.09. The zero-order valence-electron chi connectivity index (χ0n) is 12.5. The number of carbonyl (C=O) groups is 2. The molecule has 0 spiro atoms. The summed E-state index contributed by atoms with van der Waals surface area (Å²) in [6.45, 7) is 0.387. The van der Waals surface area contributed by atoms with Gasteiger partial charge in [-0.3, -0.25) is 9.59 Å². The molecule has 2 rings (SSSR count). The molecule has 7 heteroatoms. The van der Waals surface area contributed by atoms with E-state index in [0.29, 0.717) is 24.2 Å². The largest absolute Gasteiger partial charge is 0.351 e. The summed E-state index contributed by atoms with van der Waals surface area (Å²) in [5, 5.41) is 2.65. The van der Waals surface area contributed by atoms with E-state index >= 15 is 0 Å². The first kappa shape index (κ1) is 16.6. The molecule has 1 fully saturated rings. The summed E-state index contributed by atoms with van der Waals surface area (Å²) in [4.78, 5) is 23.2. The Morgan fingerprint density at radius 1 is 1.23 bits per heavy atom. The predicted molar refractivity (Wildman–Crippen MR) is 83.2 cm³/mol. The third-order valence-electron chi connectivity index (χ3n) is 3.66. The van der Waals surface area contributed by atoms with Crippen molar-refractivity contribution in [2.75, 3.05) is 19.3 Å². The van der Waals surface area contributed by atoms with E-state index in [1.165, 1.54) is 0 Å². The number of Topliss-reactive ketones (excluding diaryl/α,β-unsaturated/α-hetero) is 1. The second-order valence-corrected chi connectivity index (χ2v) is 7.36. The van der Waals surface area contributed by atoms with E-state index in [0.717, 1.165) is 18.2 Å². The van der Waals surface area contributed by atoms with Gasteiger partial charge in [0.25, 0.3) is 5.91 Å². The van der Waals surface area contributed by atoms with Gasteiger partial charge in [0.15, 0.2) is 0 Å². The van der Waals surface area contributed by atoms with Crippen molar-refractivity contribution in [1.29, 1.82) is 0 Å². The van der Waals surface area contributed by atoms with Crippen LogP contribution < -0.4 is 10.0 Å². The number of carbonyl (C=O) groups excluding carboxylic acids is 2. The van der Waals surface area contributed by atoms with Gasteiger partial charge >= 0.3 is 0 Å². The topological polar surface area (TPSA) is 92.3 Å². The van der Waals surface area contributed by atoms with E-state index in [1.54, 1.807) is 12.1 Å². The highest BCUT2D eigenvalue weighted by Gasteiger charge is 2.23.